The normalized spacial score (nSPS) is 16.3. The molecule has 4 rings (SSSR count). The first-order valence-electron chi connectivity index (χ1n) is 8.94. The number of nitrogens with one attached hydrogen (secondary N) is 2. The van der Waals surface area contributed by atoms with Gasteiger partial charge in [-0.15, -0.1) is 0 Å². The van der Waals surface area contributed by atoms with E-state index >= 15 is 0 Å². The lowest BCUT2D eigenvalue weighted by Crippen LogP contribution is -2.42. The third-order valence-electron chi connectivity index (χ3n) is 4.90. The second-order valence-corrected chi connectivity index (χ2v) is 6.61. The molecule has 2 N–H and O–H groups in total. The van der Waals surface area contributed by atoms with E-state index in [1.807, 2.05) is 6.07 Å². The summed E-state index contributed by atoms with van der Waals surface area (Å²) < 4.78 is 5.31. The molecule has 2 aromatic heterocycles. The monoisotopic (exact) mass is 350 g/mol. The number of amides is 1. The SMILES string of the molecule is CC1CCc2ccccc2N1CCNC(=O)c1cc(-c2ccco2)[nH]n1. The summed E-state index contributed by atoms with van der Waals surface area (Å²) in [6.07, 6.45) is 3.84. The van der Waals surface area contributed by atoms with Gasteiger partial charge in [0.15, 0.2) is 11.5 Å². The van der Waals surface area contributed by atoms with Crippen molar-refractivity contribution in [2.24, 2.45) is 0 Å². The van der Waals surface area contributed by atoms with Crippen LogP contribution in [0.1, 0.15) is 29.4 Å². The molecule has 1 unspecified atom stereocenters. The van der Waals surface area contributed by atoms with Gasteiger partial charge in [-0.1, -0.05) is 18.2 Å². The van der Waals surface area contributed by atoms with Gasteiger partial charge in [0.05, 0.1) is 6.26 Å². The number of carbonyl (C=O) groups is 1. The quantitative estimate of drug-likeness (QED) is 0.741. The zero-order valence-electron chi connectivity index (χ0n) is 14.7. The van der Waals surface area contributed by atoms with Crippen LogP contribution in [0, 0.1) is 0 Å². The van der Waals surface area contributed by atoms with Gasteiger partial charge in [-0.05, 0) is 43.5 Å². The molecule has 6 nitrogen and oxygen atoms in total. The van der Waals surface area contributed by atoms with Crippen LogP contribution in [-0.2, 0) is 6.42 Å². The average Bonchev–Trinajstić information content (AvgIpc) is 3.35. The number of para-hydroxylation sites is 1. The van der Waals surface area contributed by atoms with Crippen LogP contribution in [-0.4, -0.2) is 35.2 Å². The highest BCUT2D eigenvalue weighted by atomic mass is 16.3. The lowest BCUT2D eigenvalue weighted by molar-refractivity contribution is 0.0949. The van der Waals surface area contributed by atoms with Crippen molar-refractivity contribution in [1.29, 1.82) is 0 Å². The Morgan fingerprint density at radius 3 is 3.08 bits per heavy atom. The third kappa shape index (κ3) is 3.22. The standard InChI is InChI=1S/C20H22N4O2/c1-14-8-9-15-5-2-3-6-18(15)24(14)11-10-21-20(25)17-13-16(22-23-17)19-7-4-12-26-19/h2-7,12-14H,8-11H2,1H3,(H,21,25)(H,22,23). The molecule has 1 amide bonds. The molecule has 1 aliphatic heterocycles. The summed E-state index contributed by atoms with van der Waals surface area (Å²) in [5.74, 6) is 0.479. The molecule has 0 saturated heterocycles. The molecule has 6 heteroatoms. The Kier molecular flexibility index (Phi) is 4.48. The fraction of sp³-hybridized carbons (Fsp3) is 0.300. The summed E-state index contributed by atoms with van der Waals surface area (Å²) in [5, 5.41) is 9.87. The smallest absolute Gasteiger partial charge is 0.271 e. The van der Waals surface area contributed by atoms with Crippen LogP contribution in [0.2, 0.25) is 0 Å². The van der Waals surface area contributed by atoms with Crippen LogP contribution in [0.4, 0.5) is 5.69 Å². The van der Waals surface area contributed by atoms with Crippen molar-refractivity contribution in [2.45, 2.75) is 25.8 Å². The molecular formula is C20H22N4O2. The van der Waals surface area contributed by atoms with E-state index in [-0.39, 0.29) is 5.91 Å². The highest BCUT2D eigenvalue weighted by Crippen LogP contribution is 2.29. The Morgan fingerprint density at radius 2 is 2.23 bits per heavy atom. The van der Waals surface area contributed by atoms with E-state index in [0.29, 0.717) is 29.7 Å². The Labute approximate surface area is 152 Å². The zero-order valence-corrected chi connectivity index (χ0v) is 14.7. The van der Waals surface area contributed by atoms with Gasteiger partial charge < -0.3 is 14.6 Å². The van der Waals surface area contributed by atoms with Crippen molar-refractivity contribution in [1.82, 2.24) is 15.5 Å². The van der Waals surface area contributed by atoms with Crippen molar-refractivity contribution < 1.29 is 9.21 Å². The molecule has 0 bridgehead atoms. The topological polar surface area (TPSA) is 74.2 Å². The number of aromatic nitrogens is 2. The van der Waals surface area contributed by atoms with Gasteiger partial charge in [-0.3, -0.25) is 9.89 Å². The number of fused-ring (bicyclic) bond motifs is 1. The maximum atomic E-state index is 12.4. The van der Waals surface area contributed by atoms with Crippen LogP contribution >= 0.6 is 0 Å². The molecule has 0 fully saturated rings. The molecule has 134 valence electrons. The largest absolute Gasteiger partial charge is 0.463 e. The van der Waals surface area contributed by atoms with E-state index in [4.69, 9.17) is 4.42 Å². The summed E-state index contributed by atoms with van der Waals surface area (Å²) in [6.45, 7) is 3.58. The highest BCUT2D eigenvalue weighted by molar-refractivity contribution is 5.93. The number of hydrogen-bond acceptors (Lipinski definition) is 4. The minimum Gasteiger partial charge on any atom is -0.463 e. The number of rotatable bonds is 5. The van der Waals surface area contributed by atoms with E-state index in [9.17, 15) is 4.79 Å². The molecule has 3 aromatic rings. The van der Waals surface area contributed by atoms with Gasteiger partial charge in [0.25, 0.3) is 5.91 Å². The zero-order chi connectivity index (χ0) is 17.9. The van der Waals surface area contributed by atoms with Crippen molar-refractivity contribution >= 4 is 11.6 Å². The maximum absolute atomic E-state index is 12.4. The van der Waals surface area contributed by atoms with Crippen LogP contribution in [0.15, 0.2) is 53.1 Å². The fourth-order valence-electron chi connectivity index (χ4n) is 3.48. The second-order valence-electron chi connectivity index (χ2n) is 6.61. The summed E-state index contributed by atoms with van der Waals surface area (Å²) in [6, 6.07) is 14.3. The molecule has 0 saturated carbocycles. The van der Waals surface area contributed by atoms with Crippen molar-refractivity contribution in [3.8, 4) is 11.5 Å². The number of benzene rings is 1. The van der Waals surface area contributed by atoms with E-state index < -0.39 is 0 Å². The average molecular weight is 350 g/mol. The molecule has 1 atom stereocenters. The van der Waals surface area contributed by atoms with Crippen LogP contribution in [0.3, 0.4) is 0 Å². The summed E-state index contributed by atoms with van der Waals surface area (Å²) >= 11 is 0. The van der Waals surface area contributed by atoms with Gasteiger partial charge >= 0.3 is 0 Å². The molecule has 0 spiro atoms. The summed E-state index contributed by atoms with van der Waals surface area (Å²) in [7, 11) is 0. The van der Waals surface area contributed by atoms with Gasteiger partial charge in [0, 0.05) is 30.9 Å². The third-order valence-corrected chi connectivity index (χ3v) is 4.90. The molecular weight excluding hydrogens is 328 g/mol. The molecule has 26 heavy (non-hydrogen) atoms. The number of aryl methyl sites for hydroxylation is 1. The van der Waals surface area contributed by atoms with Gasteiger partial charge in [0.1, 0.15) is 5.69 Å². The van der Waals surface area contributed by atoms with Crippen molar-refractivity contribution in [2.75, 3.05) is 18.0 Å². The number of nitrogens with zero attached hydrogens (tertiary/aromatic N) is 2. The van der Waals surface area contributed by atoms with E-state index in [1.54, 1.807) is 18.4 Å². The maximum Gasteiger partial charge on any atom is 0.271 e. The Bertz CT molecular complexity index is 885. The molecule has 0 radical (unpaired) electrons. The van der Waals surface area contributed by atoms with Crippen molar-refractivity contribution in [3.63, 3.8) is 0 Å². The van der Waals surface area contributed by atoms with E-state index in [0.717, 1.165) is 19.4 Å². The second kappa shape index (κ2) is 7.07. The van der Waals surface area contributed by atoms with Gasteiger partial charge in [-0.25, -0.2) is 0 Å². The van der Waals surface area contributed by atoms with E-state index in [1.165, 1.54) is 11.3 Å². The fourth-order valence-corrected chi connectivity index (χ4v) is 3.48. The predicted molar refractivity (Wildman–Crippen MR) is 100 cm³/mol. The van der Waals surface area contributed by atoms with Crippen LogP contribution in [0.5, 0.6) is 0 Å². The Morgan fingerprint density at radius 1 is 1.35 bits per heavy atom. The summed E-state index contributed by atoms with van der Waals surface area (Å²) in [4.78, 5) is 14.7. The minimum absolute atomic E-state index is 0.183. The first-order valence-corrected chi connectivity index (χ1v) is 8.94. The Balaban J connectivity index is 1.37. The molecule has 1 aromatic carbocycles. The molecule has 0 aliphatic carbocycles. The Hall–Kier alpha value is -3.02. The number of carbonyl (C=O) groups excluding carboxylic acids is 1. The highest BCUT2D eigenvalue weighted by Gasteiger charge is 2.22. The number of aromatic amines is 1. The number of furan rings is 1. The molecule has 1 aliphatic rings. The summed E-state index contributed by atoms with van der Waals surface area (Å²) in [5.41, 5.74) is 3.72. The predicted octanol–water partition coefficient (Wildman–Crippen LogP) is 3.24. The van der Waals surface area contributed by atoms with Gasteiger partial charge in [0.2, 0.25) is 0 Å². The van der Waals surface area contributed by atoms with Gasteiger partial charge in [-0.2, -0.15) is 5.10 Å². The number of H-pyrrole nitrogens is 1. The lowest BCUT2D eigenvalue weighted by Gasteiger charge is -2.37. The number of anilines is 1. The van der Waals surface area contributed by atoms with E-state index in [2.05, 4.69) is 51.6 Å². The number of hydrogen-bond donors (Lipinski definition) is 2. The first-order chi connectivity index (χ1) is 12.7. The van der Waals surface area contributed by atoms with Crippen LogP contribution in [0.25, 0.3) is 11.5 Å². The minimum atomic E-state index is -0.183. The lowest BCUT2D eigenvalue weighted by atomic mass is 9.97. The first kappa shape index (κ1) is 16.4. The molecule has 3 heterocycles. The van der Waals surface area contributed by atoms with Crippen molar-refractivity contribution in [3.05, 3.63) is 60.0 Å². The van der Waals surface area contributed by atoms with Crippen LogP contribution < -0.4 is 10.2 Å².